The van der Waals surface area contributed by atoms with Crippen LogP contribution in [0.3, 0.4) is 0 Å². The molecule has 1 aromatic rings. The first kappa shape index (κ1) is 14.6. The minimum absolute atomic E-state index is 0.124. The molecule has 0 bridgehead atoms. The van der Waals surface area contributed by atoms with Crippen LogP contribution in [0.15, 0.2) is 24.3 Å². The minimum Gasteiger partial charge on any atom is -0.346 e. The molecule has 1 atom stereocenters. The zero-order chi connectivity index (χ0) is 14.7. The molecule has 3 nitrogen and oxygen atoms in total. The summed E-state index contributed by atoms with van der Waals surface area (Å²) >= 11 is 0. The van der Waals surface area contributed by atoms with E-state index in [1.54, 1.807) is 0 Å². The molecular formula is C18H26N2O. The van der Waals surface area contributed by atoms with E-state index in [0.29, 0.717) is 0 Å². The van der Waals surface area contributed by atoms with Gasteiger partial charge in [-0.15, -0.1) is 0 Å². The van der Waals surface area contributed by atoms with E-state index in [1.807, 2.05) is 0 Å². The number of piperidine rings is 1. The van der Waals surface area contributed by atoms with Crippen LogP contribution in [-0.2, 0) is 10.3 Å². The fourth-order valence-electron chi connectivity index (χ4n) is 3.82. The van der Waals surface area contributed by atoms with Gasteiger partial charge in [0.25, 0.3) is 0 Å². The van der Waals surface area contributed by atoms with Crippen LogP contribution in [-0.4, -0.2) is 19.0 Å². The van der Waals surface area contributed by atoms with Gasteiger partial charge in [0, 0.05) is 6.54 Å². The maximum atomic E-state index is 12.7. The molecule has 3 rings (SSSR count). The first-order chi connectivity index (χ1) is 10.2. The SMILES string of the molecule is Cc1cccc(C2(NC(=O)C3CCCNC3)CCCC2)c1. The van der Waals surface area contributed by atoms with Gasteiger partial charge >= 0.3 is 0 Å². The summed E-state index contributed by atoms with van der Waals surface area (Å²) in [6, 6.07) is 8.65. The molecule has 1 amide bonds. The third kappa shape index (κ3) is 3.13. The highest BCUT2D eigenvalue weighted by molar-refractivity contribution is 5.80. The molecule has 1 aliphatic heterocycles. The van der Waals surface area contributed by atoms with Gasteiger partial charge in [0.2, 0.25) is 5.91 Å². The van der Waals surface area contributed by atoms with Gasteiger partial charge in [0.15, 0.2) is 0 Å². The number of rotatable bonds is 3. The van der Waals surface area contributed by atoms with Gasteiger partial charge in [-0.1, -0.05) is 42.7 Å². The second-order valence-corrected chi connectivity index (χ2v) is 6.69. The number of nitrogens with one attached hydrogen (secondary N) is 2. The highest BCUT2D eigenvalue weighted by Gasteiger charge is 2.38. The quantitative estimate of drug-likeness (QED) is 0.897. The van der Waals surface area contributed by atoms with E-state index < -0.39 is 0 Å². The van der Waals surface area contributed by atoms with Crippen LogP contribution in [0, 0.1) is 12.8 Å². The summed E-state index contributed by atoms with van der Waals surface area (Å²) in [6.07, 6.45) is 6.68. The fourth-order valence-corrected chi connectivity index (χ4v) is 3.82. The Kier molecular flexibility index (Phi) is 4.29. The van der Waals surface area contributed by atoms with Crippen LogP contribution in [0.4, 0.5) is 0 Å². The van der Waals surface area contributed by atoms with Crippen molar-refractivity contribution >= 4 is 5.91 Å². The van der Waals surface area contributed by atoms with E-state index in [-0.39, 0.29) is 17.4 Å². The van der Waals surface area contributed by atoms with E-state index in [1.165, 1.54) is 24.0 Å². The van der Waals surface area contributed by atoms with E-state index in [9.17, 15) is 4.79 Å². The van der Waals surface area contributed by atoms with Crippen LogP contribution in [0.25, 0.3) is 0 Å². The molecule has 1 heterocycles. The van der Waals surface area contributed by atoms with E-state index in [4.69, 9.17) is 0 Å². The van der Waals surface area contributed by atoms with Crippen molar-refractivity contribution < 1.29 is 4.79 Å². The molecule has 0 aromatic heterocycles. The maximum absolute atomic E-state index is 12.7. The molecule has 3 heteroatoms. The lowest BCUT2D eigenvalue weighted by molar-refractivity contribution is -0.127. The standard InChI is InChI=1S/C18H26N2O/c1-14-6-4-8-16(12-14)18(9-2-3-10-18)20-17(21)15-7-5-11-19-13-15/h4,6,8,12,15,19H,2-3,5,7,9-11,13H2,1H3,(H,20,21). The van der Waals surface area contributed by atoms with Gasteiger partial charge in [-0.05, 0) is 44.7 Å². The third-order valence-corrected chi connectivity index (χ3v) is 5.06. The number of carbonyl (C=O) groups is 1. The van der Waals surface area contributed by atoms with E-state index >= 15 is 0 Å². The summed E-state index contributed by atoms with van der Waals surface area (Å²) in [5.41, 5.74) is 2.44. The van der Waals surface area contributed by atoms with Crippen molar-refractivity contribution in [3.63, 3.8) is 0 Å². The molecule has 21 heavy (non-hydrogen) atoms. The third-order valence-electron chi connectivity index (χ3n) is 5.06. The molecular weight excluding hydrogens is 260 g/mol. The normalized spacial score (nSPS) is 24.7. The van der Waals surface area contributed by atoms with Crippen LogP contribution < -0.4 is 10.6 Å². The van der Waals surface area contributed by atoms with Gasteiger partial charge < -0.3 is 10.6 Å². The number of benzene rings is 1. The molecule has 2 aliphatic rings. The van der Waals surface area contributed by atoms with Crippen molar-refractivity contribution in [2.24, 2.45) is 5.92 Å². The molecule has 1 saturated heterocycles. The van der Waals surface area contributed by atoms with Gasteiger partial charge in [-0.2, -0.15) is 0 Å². The molecule has 1 aliphatic carbocycles. The van der Waals surface area contributed by atoms with Crippen molar-refractivity contribution in [1.29, 1.82) is 0 Å². The summed E-state index contributed by atoms with van der Waals surface area (Å²) < 4.78 is 0. The minimum atomic E-state index is -0.124. The molecule has 0 spiro atoms. The average molecular weight is 286 g/mol. The molecule has 1 unspecified atom stereocenters. The predicted molar refractivity (Wildman–Crippen MR) is 85.1 cm³/mol. The molecule has 114 valence electrons. The Hall–Kier alpha value is -1.35. The maximum Gasteiger partial charge on any atom is 0.225 e. The van der Waals surface area contributed by atoms with Crippen molar-refractivity contribution in [2.45, 2.75) is 51.0 Å². The Bertz CT molecular complexity index is 500. The smallest absolute Gasteiger partial charge is 0.225 e. The topological polar surface area (TPSA) is 41.1 Å². The Balaban J connectivity index is 1.79. The lowest BCUT2D eigenvalue weighted by Crippen LogP contribution is -2.49. The average Bonchev–Trinajstić information content (AvgIpc) is 2.98. The van der Waals surface area contributed by atoms with Crippen LogP contribution in [0.1, 0.15) is 49.7 Å². The number of hydrogen-bond acceptors (Lipinski definition) is 2. The molecule has 1 aromatic carbocycles. The Morgan fingerprint density at radius 2 is 2.10 bits per heavy atom. The molecule has 0 radical (unpaired) electrons. The van der Waals surface area contributed by atoms with Crippen LogP contribution in [0.5, 0.6) is 0 Å². The molecule has 2 N–H and O–H groups in total. The number of aryl methyl sites for hydroxylation is 1. The summed E-state index contributed by atoms with van der Waals surface area (Å²) in [4.78, 5) is 12.7. The van der Waals surface area contributed by atoms with Crippen molar-refractivity contribution in [3.8, 4) is 0 Å². The largest absolute Gasteiger partial charge is 0.346 e. The Morgan fingerprint density at radius 1 is 1.29 bits per heavy atom. The number of carbonyl (C=O) groups excluding carboxylic acids is 1. The summed E-state index contributed by atoms with van der Waals surface area (Å²) in [6.45, 7) is 4.00. The highest BCUT2D eigenvalue weighted by atomic mass is 16.2. The fraction of sp³-hybridized carbons (Fsp3) is 0.611. The zero-order valence-electron chi connectivity index (χ0n) is 13.0. The monoisotopic (exact) mass is 286 g/mol. The molecule has 1 saturated carbocycles. The summed E-state index contributed by atoms with van der Waals surface area (Å²) in [7, 11) is 0. The lowest BCUT2D eigenvalue weighted by atomic mass is 9.86. The van der Waals surface area contributed by atoms with Gasteiger partial charge in [-0.3, -0.25) is 4.79 Å². The predicted octanol–water partition coefficient (Wildman–Crippen LogP) is 2.88. The summed E-state index contributed by atoms with van der Waals surface area (Å²) in [5.74, 6) is 0.381. The van der Waals surface area contributed by atoms with E-state index in [2.05, 4.69) is 41.8 Å². The van der Waals surface area contributed by atoms with E-state index in [0.717, 1.165) is 38.8 Å². The first-order valence-corrected chi connectivity index (χ1v) is 8.29. The number of hydrogen-bond donors (Lipinski definition) is 2. The van der Waals surface area contributed by atoms with Crippen molar-refractivity contribution in [1.82, 2.24) is 10.6 Å². The zero-order valence-corrected chi connectivity index (χ0v) is 13.0. The van der Waals surface area contributed by atoms with Gasteiger partial charge in [-0.25, -0.2) is 0 Å². The Morgan fingerprint density at radius 3 is 2.76 bits per heavy atom. The second-order valence-electron chi connectivity index (χ2n) is 6.69. The highest BCUT2D eigenvalue weighted by Crippen LogP contribution is 2.39. The van der Waals surface area contributed by atoms with Gasteiger partial charge in [0.1, 0.15) is 0 Å². The van der Waals surface area contributed by atoms with Crippen molar-refractivity contribution in [3.05, 3.63) is 35.4 Å². The van der Waals surface area contributed by atoms with Crippen molar-refractivity contribution in [2.75, 3.05) is 13.1 Å². The van der Waals surface area contributed by atoms with Crippen LogP contribution >= 0.6 is 0 Å². The molecule has 2 fully saturated rings. The first-order valence-electron chi connectivity index (χ1n) is 8.29. The summed E-state index contributed by atoms with van der Waals surface area (Å²) in [5, 5.41) is 6.77. The number of amides is 1. The van der Waals surface area contributed by atoms with Crippen LogP contribution in [0.2, 0.25) is 0 Å². The van der Waals surface area contributed by atoms with Gasteiger partial charge in [0.05, 0.1) is 11.5 Å². The Labute approximate surface area is 127 Å². The lowest BCUT2D eigenvalue weighted by Gasteiger charge is -2.34. The second kappa shape index (κ2) is 6.18.